The summed E-state index contributed by atoms with van der Waals surface area (Å²) < 4.78 is 5.02. The zero-order valence-corrected chi connectivity index (χ0v) is 11.4. The highest BCUT2D eigenvalue weighted by molar-refractivity contribution is 6.03. The number of hydrogen-bond acceptors (Lipinski definition) is 3. The molecule has 1 aromatic rings. The first-order valence-corrected chi connectivity index (χ1v) is 6.43. The molecule has 5 nitrogen and oxygen atoms in total. The molecule has 1 rings (SSSR count). The molecule has 2 N–H and O–H groups in total. The van der Waals surface area contributed by atoms with E-state index in [-0.39, 0.29) is 18.4 Å². The molecule has 0 bridgehead atoms. The second-order valence-electron chi connectivity index (χ2n) is 3.99. The van der Waals surface area contributed by atoms with Gasteiger partial charge in [-0.1, -0.05) is 19.1 Å². The summed E-state index contributed by atoms with van der Waals surface area (Å²) in [5.41, 5.74) is 0.960. The van der Waals surface area contributed by atoms with Crippen molar-refractivity contribution in [2.24, 2.45) is 0 Å². The topological polar surface area (TPSA) is 67.4 Å². The van der Waals surface area contributed by atoms with E-state index in [0.717, 1.165) is 6.42 Å². The van der Waals surface area contributed by atoms with Crippen molar-refractivity contribution in [1.82, 2.24) is 5.32 Å². The van der Waals surface area contributed by atoms with Crippen molar-refractivity contribution in [3.05, 3.63) is 29.8 Å². The van der Waals surface area contributed by atoms with Crippen molar-refractivity contribution in [2.45, 2.75) is 20.3 Å². The molecule has 0 aliphatic carbocycles. The van der Waals surface area contributed by atoms with Crippen LogP contribution < -0.4 is 10.6 Å². The van der Waals surface area contributed by atoms with Gasteiger partial charge in [0.1, 0.15) is 6.61 Å². The van der Waals surface area contributed by atoms with Crippen molar-refractivity contribution < 1.29 is 14.3 Å². The molecule has 0 unspecified atom stereocenters. The fourth-order valence-electron chi connectivity index (χ4n) is 1.50. The number of rotatable bonds is 7. The summed E-state index contributed by atoms with van der Waals surface area (Å²) >= 11 is 0. The molecule has 1 aromatic carbocycles. The van der Waals surface area contributed by atoms with Gasteiger partial charge in [-0.25, -0.2) is 0 Å². The van der Waals surface area contributed by atoms with Crippen molar-refractivity contribution in [2.75, 3.05) is 25.1 Å². The number of benzene rings is 1. The van der Waals surface area contributed by atoms with Crippen molar-refractivity contribution in [3.63, 3.8) is 0 Å². The highest BCUT2D eigenvalue weighted by Gasteiger charge is 2.12. The van der Waals surface area contributed by atoms with E-state index in [4.69, 9.17) is 4.74 Å². The van der Waals surface area contributed by atoms with Crippen molar-refractivity contribution in [1.29, 1.82) is 0 Å². The lowest BCUT2D eigenvalue weighted by Crippen LogP contribution is -2.26. The number of anilines is 1. The number of ether oxygens (including phenoxy) is 1. The van der Waals surface area contributed by atoms with Gasteiger partial charge in [0.15, 0.2) is 0 Å². The third kappa shape index (κ3) is 5.09. The third-order valence-corrected chi connectivity index (χ3v) is 2.42. The summed E-state index contributed by atoms with van der Waals surface area (Å²) in [6.45, 7) is 4.88. The Labute approximate surface area is 113 Å². The third-order valence-electron chi connectivity index (χ3n) is 2.42. The number of carbonyl (C=O) groups is 2. The lowest BCUT2D eigenvalue weighted by molar-refractivity contribution is -0.120. The van der Waals surface area contributed by atoms with Gasteiger partial charge in [-0.05, 0) is 25.5 Å². The Hall–Kier alpha value is -1.88. The molecule has 0 atom stereocenters. The van der Waals surface area contributed by atoms with E-state index in [9.17, 15) is 9.59 Å². The van der Waals surface area contributed by atoms with Crippen LogP contribution in [0.5, 0.6) is 0 Å². The zero-order chi connectivity index (χ0) is 14.1. The maximum absolute atomic E-state index is 11.9. The summed E-state index contributed by atoms with van der Waals surface area (Å²) in [5, 5.41) is 5.46. The predicted octanol–water partition coefficient (Wildman–Crippen LogP) is 1.80. The molecule has 19 heavy (non-hydrogen) atoms. The second kappa shape index (κ2) is 8.26. The molecule has 5 heteroatoms. The molecule has 0 aromatic heterocycles. The SMILES string of the molecule is CCCNC(=O)c1ccccc1NC(=O)COCC. The Bertz CT molecular complexity index is 432. The minimum Gasteiger partial charge on any atom is -0.372 e. The molecule has 0 saturated heterocycles. The van der Waals surface area contributed by atoms with Crippen LogP contribution in [0.2, 0.25) is 0 Å². The second-order valence-corrected chi connectivity index (χ2v) is 3.99. The minimum atomic E-state index is -0.266. The molecular weight excluding hydrogens is 244 g/mol. The Morgan fingerprint density at radius 1 is 1.21 bits per heavy atom. The highest BCUT2D eigenvalue weighted by atomic mass is 16.5. The summed E-state index contributed by atoms with van der Waals surface area (Å²) in [6, 6.07) is 6.91. The lowest BCUT2D eigenvalue weighted by atomic mass is 10.1. The maximum Gasteiger partial charge on any atom is 0.253 e. The van der Waals surface area contributed by atoms with Gasteiger partial charge in [0.25, 0.3) is 5.91 Å². The highest BCUT2D eigenvalue weighted by Crippen LogP contribution is 2.14. The maximum atomic E-state index is 11.9. The first kappa shape index (κ1) is 15.2. The van der Waals surface area contributed by atoms with Gasteiger partial charge in [0, 0.05) is 13.2 Å². The van der Waals surface area contributed by atoms with E-state index < -0.39 is 0 Å². The van der Waals surface area contributed by atoms with Crippen LogP contribution >= 0.6 is 0 Å². The van der Waals surface area contributed by atoms with E-state index >= 15 is 0 Å². The van der Waals surface area contributed by atoms with Crippen LogP contribution in [-0.2, 0) is 9.53 Å². The normalized spacial score (nSPS) is 10.0. The van der Waals surface area contributed by atoms with Crippen LogP contribution in [0.3, 0.4) is 0 Å². The first-order chi connectivity index (χ1) is 9.19. The quantitative estimate of drug-likeness (QED) is 0.789. The zero-order valence-electron chi connectivity index (χ0n) is 11.4. The van der Waals surface area contributed by atoms with E-state index in [1.807, 2.05) is 13.8 Å². The molecule has 0 saturated carbocycles. The summed E-state index contributed by atoms with van der Waals surface area (Å²) in [5.74, 6) is -0.452. The van der Waals surface area contributed by atoms with Gasteiger partial charge in [-0.3, -0.25) is 9.59 Å². The van der Waals surface area contributed by atoms with Crippen LogP contribution in [0.25, 0.3) is 0 Å². The van der Waals surface area contributed by atoms with E-state index in [1.165, 1.54) is 0 Å². The van der Waals surface area contributed by atoms with E-state index in [0.29, 0.717) is 24.4 Å². The van der Waals surface area contributed by atoms with Crippen LogP contribution in [0.15, 0.2) is 24.3 Å². The molecule has 0 aliphatic rings. The van der Waals surface area contributed by atoms with Crippen molar-refractivity contribution in [3.8, 4) is 0 Å². The Balaban J connectivity index is 2.72. The van der Waals surface area contributed by atoms with Gasteiger partial charge in [-0.15, -0.1) is 0 Å². The lowest BCUT2D eigenvalue weighted by Gasteiger charge is -2.11. The van der Waals surface area contributed by atoms with Crippen LogP contribution in [0, 0.1) is 0 Å². The molecule has 0 aliphatic heterocycles. The summed E-state index contributed by atoms with van der Waals surface area (Å²) in [6.07, 6.45) is 0.866. The monoisotopic (exact) mass is 264 g/mol. The van der Waals surface area contributed by atoms with Gasteiger partial charge in [-0.2, -0.15) is 0 Å². The van der Waals surface area contributed by atoms with Gasteiger partial charge in [0.05, 0.1) is 11.3 Å². The van der Waals surface area contributed by atoms with E-state index in [1.54, 1.807) is 24.3 Å². The average Bonchev–Trinajstić information content (AvgIpc) is 2.43. The molecule has 104 valence electrons. The molecule has 0 radical (unpaired) electrons. The largest absolute Gasteiger partial charge is 0.372 e. The first-order valence-electron chi connectivity index (χ1n) is 6.43. The van der Waals surface area contributed by atoms with E-state index in [2.05, 4.69) is 10.6 Å². The Morgan fingerprint density at radius 2 is 1.95 bits per heavy atom. The smallest absolute Gasteiger partial charge is 0.253 e. The standard InChI is InChI=1S/C14H20N2O3/c1-3-9-15-14(18)11-7-5-6-8-12(11)16-13(17)10-19-4-2/h5-8H,3-4,9-10H2,1-2H3,(H,15,18)(H,16,17). The predicted molar refractivity (Wildman–Crippen MR) is 74.2 cm³/mol. The number of amides is 2. The molecule has 0 heterocycles. The molecule has 0 fully saturated rings. The van der Waals surface area contributed by atoms with Crippen LogP contribution in [0.1, 0.15) is 30.6 Å². The van der Waals surface area contributed by atoms with Crippen molar-refractivity contribution >= 4 is 17.5 Å². The number of para-hydroxylation sites is 1. The summed E-state index contributed by atoms with van der Waals surface area (Å²) in [7, 11) is 0. The van der Waals surface area contributed by atoms with Crippen LogP contribution in [-0.4, -0.2) is 31.6 Å². The van der Waals surface area contributed by atoms with Gasteiger partial charge in [0.2, 0.25) is 5.91 Å². The Morgan fingerprint density at radius 3 is 2.63 bits per heavy atom. The van der Waals surface area contributed by atoms with Crippen LogP contribution in [0.4, 0.5) is 5.69 Å². The number of hydrogen-bond donors (Lipinski definition) is 2. The van der Waals surface area contributed by atoms with Gasteiger partial charge < -0.3 is 15.4 Å². The number of carbonyl (C=O) groups excluding carboxylic acids is 2. The average molecular weight is 264 g/mol. The Kier molecular flexibility index (Phi) is 6.60. The van der Waals surface area contributed by atoms with Gasteiger partial charge >= 0.3 is 0 Å². The number of nitrogens with one attached hydrogen (secondary N) is 2. The molecule has 2 amide bonds. The fourth-order valence-corrected chi connectivity index (χ4v) is 1.50. The fraction of sp³-hybridized carbons (Fsp3) is 0.429. The summed E-state index contributed by atoms with van der Waals surface area (Å²) in [4.78, 5) is 23.5. The molecule has 0 spiro atoms. The minimum absolute atomic E-state index is 0.0125. The molecular formula is C14H20N2O3.